The number of aromatic nitrogens is 2. The molecule has 0 bridgehead atoms. The van der Waals surface area contributed by atoms with Crippen molar-refractivity contribution in [3.05, 3.63) is 50.5 Å². The predicted octanol–water partition coefficient (Wildman–Crippen LogP) is 3.24. The molecule has 0 spiro atoms. The van der Waals surface area contributed by atoms with E-state index in [1.165, 1.54) is 12.1 Å². The zero-order valence-corrected chi connectivity index (χ0v) is 10.5. The molecule has 94 valence electrons. The minimum absolute atomic E-state index is 0.129. The number of imidazole rings is 1. The van der Waals surface area contributed by atoms with E-state index < -0.39 is 4.92 Å². The van der Waals surface area contributed by atoms with Gasteiger partial charge in [-0.05, 0) is 6.07 Å². The van der Waals surface area contributed by atoms with E-state index in [4.69, 9.17) is 23.2 Å². The van der Waals surface area contributed by atoms with E-state index in [-0.39, 0.29) is 15.7 Å². The second-order valence-corrected chi connectivity index (χ2v) is 4.24. The standard InChI is InChI=1S/C10H8Cl2N4O2/c11-6-3-8(9(16(17)18)4-7(6)12)15-5-10-13-1-2-14-10/h1-4,15H,5H2,(H,13,14). The molecule has 6 nitrogen and oxygen atoms in total. The van der Waals surface area contributed by atoms with Gasteiger partial charge in [0.05, 0.1) is 21.5 Å². The molecule has 0 fully saturated rings. The van der Waals surface area contributed by atoms with Gasteiger partial charge in [0.25, 0.3) is 5.69 Å². The summed E-state index contributed by atoms with van der Waals surface area (Å²) in [6.45, 7) is 0.325. The van der Waals surface area contributed by atoms with E-state index in [1.807, 2.05) is 0 Å². The fourth-order valence-electron chi connectivity index (χ4n) is 1.40. The van der Waals surface area contributed by atoms with Crippen LogP contribution in [0.2, 0.25) is 10.0 Å². The molecule has 0 unspecified atom stereocenters. The lowest BCUT2D eigenvalue weighted by molar-refractivity contribution is -0.383. The Morgan fingerprint density at radius 1 is 1.39 bits per heavy atom. The molecule has 2 rings (SSSR count). The Labute approximate surface area is 112 Å². The first-order valence-corrected chi connectivity index (χ1v) is 5.69. The normalized spacial score (nSPS) is 10.3. The van der Waals surface area contributed by atoms with Crippen LogP contribution in [0.15, 0.2) is 24.5 Å². The molecule has 2 N–H and O–H groups in total. The zero-order valence-electron chi connectivity index (χ0n) is 8.98. The highest BCUT2D eigenvalue weighted by atomic mass is 35.5. The molecule has 0 saturated heterocycles. The van der Waals surface area contributed by atoms with E-state index in [2.05, 4.69) is 15.3 Å². The number of anilines is 1. The Bertz CT molecular complexity index is 572. The summed E-state index contributed by atoms with van der Waals surface area (Å²) in [7, 11) is 0. The summed E-state index contributed by atoms with van der Waals surface area (Å²) >= 11 is 11.6. The van der Waals surface area contributed by atoms with Gasteiger partial charge >= 0.3 is 0 Å². The van der Waals surface area contributed by atoms with Crippen LogP contribution in [0, 0.1) is 10.1 Å². The Kier molecular flexibility index (Phi) is 3.69. The smallest absolute Gasteiger partial charge is 0.293 e. The largest absolute Gasteiger partial charge is 0.372 e. The molecule has 2 aromatic rings. The molecule has 0 aliphatic heterocycles. The Morgan fingerprint density at radius 3 is 2.72 bits per heavy atom. The van der Waals surface area contributed by atoms with Gasteiger partial charge in [0.2, 0.25) is 0 Å². The van der Waals surface area contributed by atoms with Crippen LogP contribution in [0.5, 0.6) is 0 Å². The molecule has 1 aromatic heterocycles. The van der Waals surface area contributed by atoms with Crippen LogP contribution < -0.4 is 5.32 Å². The van der Waals surface area contributed by atoms with Gasteiger partial charge < -0.3 is 10.3 Å². The molecule has 8 heteroatoms. The Balaban J connectivity index is 2.25. The summed E-state index contributed by atoms with van der Waals surface area (Å²) in [6.07, 6.45) is 3.26. The first-order chi connectivity index (χ1) is 8.58. The summed E-state index contributed by atoms with van der Waals surface area (Å²) in [6, 6.07) is 2.64. The van der Waals surface area contributed by atoms with Gasteiger partial charge in [-0.1, -0.05) is 23.2 Å². The van der Waals surface area contributed by atoms with Crippen molar-refractivity contribution >= 4 is 34.6 Å². The molecule has 1 heterocycles. The van der Waals surface area contributed by atoms with Crippen molar-refractivity contribution in [3.63, 3.8) is 0 Å². The maximum atomic E-state index is 10.9. The fourth-order valence-corrected chi connectivity index (χ4v) is 1.72. The number of nitro benzene ring substituents is 1. The van der Waals surface area contributed by atoms with Gasteiger partial charge in [-0.3, -0.25) is 10.1 Å². The van der Waals surface area contributed by atoms with Crippen molar-refractivity contribution in [2.24, 2.45) is 0 Å². The zero-order chi connectivity index (χ0) is 13.1. The predicted molar refractivity (Wildman–Crippen MR) is 69.0 cm³/mol. The maximum absolute atomic E-state index is 10.9. The lowest BCUT2D eigenvalue weighted by Gasteiger charge is -2.07. The first-order valence-electron chi connectivity index (χ1n) is 4.93. The number of nitrogens with zero attached hydrogens (tertiary/aromatic N) is 2. The minimum atomic E-state index is -0.521. The number of aromatic amines is 1. The second kappa shape index (κ2) is 5.24. The van der Waals surface area contributed by atoms with Crippen molar-refractivity contribution in [1.82, 2.24) is 9.97 Å². The van der Waals surface area contributed by atoms with E-state index in [0.717, 1.165) is 0 Å². The van der Waals surface area contributed by atoms with Crippen LogP contribution in [0.25, 0.3) is 0 Å². The van der Waals surface area contributed by atoms with Crippen molar-refractivity contribution in [2.45, 2.75) is 6.54 Å². The van der Waals surface area contributed by atoms with Gasteiger partial charge in [-0.2, -0.15) is 0 Å². The van der Waals surface area contributed by atoms with Gasteiger partial charge in [-0.25, -0.2) is 4.98 Å². The van der Waals surface area contributed by atoms with Crippen molar-refractivity contribution in [2.75, 3.05) is 5.32 Å². The molecule has 18 heavy (non-hydrogen) atoms. The van der Waals surface area contributed by atoms with Crippen LogP contribution >= 0.6 is 23.2 Å². The SMILES string of the molecule is O=[N+]([O-])c1cc(Cl)c(Cl)cc1NCc1ncc[nH]1. The van der Waals surface area contributed by atoms with Gasteiger partial charge in [0.15, 0.2) is 0 Å². The maximum Gasteiger partial charge on any atom is 0.293 e. The monoisotopic (exact) mass is 286 g/mol. The number of nitro groups is 1. The lowest BCUT2D eigenvalue weighted by Crippen LogP contribution is -2.04. The third kappa shape index (κ3) is 2.72. The average molecular weight is 287 g/mol. The highest BCUT2D eigenvalue weighted by Crippen LogP contribution is 2.34. The quantitative estimate of drug-likeness (QED) is 0.668. The number of hydrogen-bond acceptors (Lipinski definition) is 4. The van der Waals surface area contributed by atoms with Gasteiger partial charge in [0.1, 0.15) is 11.5 Å². The summed E-state index contributed by atoms with van der Waals surface area (Å²) in [5.74, 6) is 0.662. The van der Waals surface area contributed by atoms with Crippen LogP contribution in [0.3, 0.4) is 0 Å². The summed E-state index contributed by atoms with van der Waals surface area (Å²) in [5.41, 5.74) is 0.168. The molecule has 0 saturated carbocycles. The van der Waals surface area contributed by atoms with Gasteiger partial charge in [0, 0.05) is 18.5 Å². The molecule has 0 radical (unpaired) electrons. The van der Waals surface area contributed by atoms with Crippen molar-refractivity contribution in [1.29, 1.82) is 0 Å². The van der Waals surface area contributed by atoms with Crippen LogP contribution in [-0.4, -0.2) is 14.9 Å². The van der Waals surface area contributed by atoms with Crippen LogP contribution in [0.1, 0.15) is 5.82 Å². The first kappa shape index (κ1) is 12.7. The van der Waals surface area contributed by atoms with Crippen LogP contribution in [-0.2, 0) is 6.54 Å². The number of hydrogen-bond donors (Lipinski definition) is 2. The minimum Gasteiger partial charge on any atom is -0.372 e. The highest BCUT2D eigenvalue weighted by molar-refractivity contribution is 6.42. The molecule has 0 aliphatic rings. The third-order valence-electron chi connectivity index (χ3n) is 2.24. The molecule has 0 atom stereocenters. The van der Waals surface area contributed by atoms with E-state index >= 15 is 0 Å². The molecule has 0 amide bonds. The molecular formula is C10H8Cl2N4O2. The number of halogens is 2. The highest BCUT2D eigenvalue weighted by Gasteiger charge is 2.16. The number of nitrogens with one attached hydrogen (secondary N) is 2. The van der Waals surface area contributed by atoms with Crippen molar-refractivity contribution < 1.29 is 4.92 Å². The van der Waals surface area contributed by atoms with E-state index in [9.17, 15) is 10.1 Å². The second-order valence-electron chi connectivity index (χ2n) is 3.43. The topological polar surface area (TPSA) is 83.8 Å². The fraction of sp³-hybridized carbons (Fsp3) is 0.100. The Morgan fingerprint density at radius 2 is 2.11 bits per heavy atom. The van der Waals surface area contributed by atoms with Gasteiger partial charge in [-0.15, -0.1) is 0 Å². The Hall–Kier alpha value is -1.79. The van der Waals surface area contributed by atoms with Crippen LogP contribution in [0.4, 0.5) is 11.4 Å². The van der Waals surface area contributed by atoms with Crippen molar-refractivity contribution in [3.8, 4) is 0 Å². The summed E-state index contributed by atoms with van der Waals surface area (Å²) < 4.78 is 0. The molecule has 1 aromatic carbocycles. The number of benzene rings is 1. The number of H-pyrrole nitrogens is 1. The summed E-state index contributed by atoms with van der Waals surface area (Å²) in [5, 5.41) is 14.2. The van der Waals surface area contributed by atoms with E-state index in [0.29, 0.717) is 18.1 Å². The third-order valence-corrected chi connectivity index (χ3v) is 2.96. The lowest BCUT2D eigenvalue weighted by atomic mass is 10.2. The molecular weight excluding hydrogens is 279 g/mol. The van der Waals surface area contributed by atoms with E-state index in [1.54, 1.807) is 12.4 Å². The average Bonchev–Trinajstić information content (AvgIpc) is 2.83. The summed E-state index contributed by atoms with van der Waals surface area (Å²) in [4.78, 5) is 17.2. The number of rotatable bonds is 4. The molecule has 0 aliphatic carbocycles.